The summed E-state index contributed by atoms with van der Waals surface area (Å²) < 4.78 is 0. The zero-order valence-electron chi connectivity index (χ0n) is 12.0. The monoisotopic (exact) mass is 256 g/mol. The van der Waals surface area contributed by atoms with Gasteiger partial charge in [-0.1, -0.05) is 12.1 Å². The first-order valence-electron chi connectivity index (χ1n) is 7.93. The van der Waals surface area contributed by atoms with E-state index in [0.717, 1.165) is 40.7 Å². The first kappa shape index (κ1) is 11.8. The Labute approximate surface area is 116 Å². The van der Waals surface area contributed by atoms with Crippen molar-refractivity contribution in [2.45, 2.75) is 51.9 Å². The minimum atomic E-state index is 0.488. The summed E-state index contributed by atoms with van der Waals surface area (Å²) in [7, 11) is 0. The van der Waals surface area contributed by atoms with Gasteiger partial charge in [-0.2, -0.15) is 0 Å². The largest absolute Gasteiger partial charge is 0.507 e. The fourth-order valence-corrected chi connectivity index (χ4v) is 5.51. The van der Waals surface area contributed by atoms with Gasteiger partial charge in [0.2, 0.25) is 0 Å². The third-order valence-corrected chi connectivity index (χ3v) is 6.37. The van der Waals surface area contributed by atoms with Crippen LogP contribution in [-0.2, 0) is 0 Å². The van der Waals surface area contributed by atoms with E-state index in [1.165, 1.54) is 37.7 Å². The van der Waals surface area contributed by atoms with Gasteiger partial charge in [0.1, 0.15) is 5.75 Å². The minimum absolute atomic E-state index is 0.488. The van der Waals surface area contributed by atoms with E-state index in [9.17, 15) is 5.11 Å². The van der Waals surface area contributed by atoms with Crippen molar-refractivity contribution in [3.8, 4) is 5.75 Å². The lowest BCUT2D eigenvalue weighted by molar-refractivity contribution is 0.259. The molecule has 0 aliphatic heterocycles. The summed E-state index contributed by atoms with van der Waals surface area (Å²) in [5.74, 6) is 5.41. The van der Waals surface area contributed by atoms with E-state index < -0.39 is 0 Å². The Bertz CT molecular complexity index is 477. The molecule has 3 fully saturated rings. The molecule has 4 atom stereocenters. The van der Waals surface area contributed by atoms with Crippen LogP contribution >= 0.6 is 0 Å². The van der Waals surface area contributed by atoms with Gasteiger partial charge in [-0.15, -0.1) is 0 Å². The highest BCUT2D eigenvalue weighted by Gasteiger charge is 2.51. The summed E-state index contributed by atoms with van der Waals surface area (Å²) in [5.41, 5.74) is 3.59. The molecule has 3 aliphatic carbocycles. The van der Waals surface area contributed by atoms with Crippen LogP contribution in [0.4, 0.5) is 0 Å². The van der Waals surface area contributed by atoms with E-state index in [-0.39, 0.29) is 0 Å². The highest BCUT2D eigenvalue weighted by molar-refractivity contribution is 5.43. The van der Waals surface area contributed by atoms with Crippen molar-refractivity contribution in [3.63, 3.8) is 0 Å². The van der Waals surface area contributed by atoms with Crippen LogP contribution in [0.1, 0.15) is 54.7 Å². The molecule has 1 N–H and O–H groups in total. The van der Waals surface area contributed by atoms with Crippen LogP contribution in [0.15, 0.2) is 12.1 Å². The molecular weight excluding hydrogens is 232 g/mol. The summed E-state index contributed by atoms with van der Waals surface area (Å²) in [4.78, 5) is 0. The predicted octanol–water partition coefficient (Wildman–Crippen LogP) is 4.55. The first-order chi connectivity index (χ1) is 9.13. The Kier molecular flexibility index (Phi) is 2.49. The van der Waals surface area contributed by atoms with E-state index in [4.69, 9.17) is 0 Å². The van der Waals surface area contributed by atoms with Crippen LogP contribution in [0.5, 0.6) is 5.75 Å². The van der Waals surface area contributed by atoms with Gasteiger partial charge < -0.3 is 5.11 Å². The topological polar surface area (TPSA) is 20.2 Å². The second-order valence-corrected chi connectivity index (χ2v) is 7.33. The van der Waals surface area contributed by atoms with Gasteiger partial charge in [0, 0.05) is 0 Å². The second-order valence-electron chi connectivity index (χ2n) is 7.33. The van der Waals surface area contributed by atoms with Gasteiger partial charge in [-0.05, 0) is 92.2 Å². The van der Waals surface area contributed by atoms with Gasteiger partial charge in [0.05, 0.1) is 0 Å². The molecular formula is C18H24O. The molecule has 0 amide bonds. The number of hydrogen-bond donors (Lipinski definition) is 1. The van der Waals surface area contributed by atoms with Crippen LogP contribution < -0.4 is 0 Å². The summed E-state index contributed by atoms with van der Waals surface area (Å²) in [6, 6.07) is 4.46. The second kappa shape index (κ2) is 4.01. The molecule has 1 heteroatoms. The van der Waals surface area contributed by atoms with E-state index in [2.05, 4.69) is 12.1 Å². The molecule has 0 radical (unpaired) electrons. The number of fused-ring (bicyclic) bond motifs is 5. The Morgan fingerprint density at radius 3 is 1.95 bits per heavy atom. The quantitative estimate of drug-likeness (QED) is 0.781. The normalized spacial score (nSPS) is 39.8. The average Bonchev–Trinajstić information content (AvgIpc) is 3.06. The number of phenols is 1. The van der Waals surface area contributed by atoms with E-state index in [1.807, 2.05) is 13.8 Å². The SMILES string of the molecule is Cc1cc(C2CC3C4CCC(C4)C3C2)cc(C)c1O. The molecule has 4 rings (SSSR count). The van der Waals surface area contributed by atoms with Crippen molar-refractivity contribution in [2.75, 3.05) is 0 Å². The predicted molar refractivity (Wildman–Crippen MR) is 77.4 cm³/mol. The van der Waals surface area contributed by atoms with Gasteiger partial charge in [-0.25, -0.2) is 0 Å². The average molecular weight is 256 g/mol. The lowest BCUT2D eigenvalue weighted by atomic mass is 9.82. The molecule has 3 aliphatic rings. The molecule has 0 saturated heterocycles. The van der Waals surface area contributed by atoms with Gasteiger partial charge >= 0.3 is 0 Å². The first-order valence-corrected chi connectivity index (χ1v) is 7.93. The minimum Gasteiger partial charge on any atom is -0.507 e. The van der Waals surface area contributed by atoms with Crippen LogP contribution in [0.2, 0.25) is 0 Å². The summed E-state index contributed by atoms with van der Waals surface area (Å²) in [5, 5.41) is 9.93. The van der Waals surface area contributed by atoms with E-state index in [0.29, 0.717) is 5.75 Å². The third-order valence-electron chi connectivity index (χ3n) is 6.37. The zero-order chi connectivity index (χ0) is 13.1. The molecule has 4 unspecified atom stereocenters. The highest BCUT2D eigenvalue weighted by atomic mass is 16.3. The number of aryl methyl sites for hydroxylation is 2. The fraction of sp³-hybridized carbons (Fsp3) is 0.667. The zero-order valence-corrected chi connectivity index (χ0v) is 12.0. The van der Waals surface area contributed by atoms with Gasteiger partial charge in [0.15, 0.2) is 0 Å². The Hall–Kier alpha value is -0.980. The maximum absolute atomic E-state index is 9.93. The molecule has 1 nitrogen and oxygen atoms in total. The standard InChI is InChI=1S/C18H24O/c1-10-5-14(6-11(2)18(10)19)15-8-16-12-3-4-13(7-12)17(16)9-15/h5-6,12-13,15-17,19H,3-4,7-9H2,1-2H3. The number of rotatable bonds is 1. The Balaban J connectivity index is 1.62. The van der Waals surface area contributed by atoms with Gasteiger partial charge in [-0.3, -0.25) is 0 Å². The Morgan fingerprint density at radius 1 is 0.895 bits per heavy atom. The van der Waals surface area contributed by atoms with Crippen molar-refractivity contribution < 1.29 is 5.11 Å². The molecule has 1 aromatic carbocycles. The highest BCUT2D eigenvalue weighted by Crippen LogP contribution is 2.61. The van der Waals surface area contributed by atoms with Crippen molar-refractivity contribution in [2.24, 2.45) is 23.7 Å². The van der Waals surface area contributed by atoms with Crippen molar-refractivity contribution in [1.82, 2.24) is 0 Å². The summed E-state index contributed by atoms with van der Waals surface area (Å²) in [6.45, 7) is 4.07. The molecule has 3 saturated carbocycles. The Morgan fingerprint density at radius 2 is 1.42 bits per heavy atom. The lowest BCUT2D eigenvalue weighted by Gasteiger charge is -2.23. The number of hydrogen-bond acceptors (Lipinski definition) is 1. The molecule has 2 bridgehead atoms. The molecule has 0 spiro atoms. The van der Waals surface area contributed by atoms with E-state index in [1.54, 1.807) is 0 Å². The van der Waals surface area contributed by atoms with Crippen molar-refractivity contribution in [1.29, 1.82) is 0 Å². The number of aromatic hydroxyl groups is 1. The molecule has 0 heterocycles. The molecule has 1 aromatic rings. The molecule has 0 aromatic heterocycles. The van der Waals surface area contributed by atoms with Crippen LogP contribution in [0.25, 0.3) is 0 Å². The number of phenolic OH excluding ortho intramolecular Hbond substituents is 1. The maximum Gasteiger partial charge on any atom is 0.121 e. The van der Waals surface area contributed by atoms with Crippen molar-refractivity contribution >= 4 is 0 Å². The maximum atomic E-state index is 9.93. The third kappa shape index (κ3) is 1.67. The fourth-order valence-electron chi connectivity index (χ4n) is 5.51. The summed E-state index contributed by atoms with van der Waals surface area (Å²) in [6.07, 6.45) is 7.37. The molecule has 102 valence electrons. The van der Waals surface area contributed by atoms with Gasteiger partial charge in [0.25, 0.3) is 0 Å². The lowest BCUT2D eigenvalue weighted by Crippen LogP contribution is -2.15. The van der Waals surface area contributed by atoms with E-state index >= 15 is 0 Å². The number of benzene rings is 1. The van der Waals surface area contributed by atoms with Crippen LogP contribution in [0, 0.1) is 37.5 Å². The smallest absolute Gasteiger partial charge is 0.121 e. The van der Waals surface area contributed by atoms with Crippen molar-refractivity contribution in [3.05, 3.63) is 28.8 Å². The summed E-state index contributed by atoms with van der Waals surface area (Å²) >= 11 is 0. The molecule has 19 heavy (non-hydrogen) atoms. The van der Waals surface area contributed by atoms with Crippen LogP contribution in [0.3, 0.4) is 0 Å². The van der Waals surface area contributed by atoms with Crippen LogP contribution in [-0.4, -0.2) is 5.11 Å².